The van der Waals surface area contributed by atoms with Crippen LogP contribution in [-0.4, -0.2) is 35.5 Å². The van der Waals surface area contributed by atoms with E-state index in [2.05, 4.69) is 11.9 Å². The summed E-state index contributed by atoms with van der Waals surface area (Å²) in [5.74, 6) is -0.870. The van der Waals surface area contributed by atoms with E-state index in [1.54, 1.807) is 48.0 Å². The lowest BCUT2D eigenvalue weighted by molar-refractivity contribution is -0.117. The number of ether oxygens (including phenoxy) is 2. The van der Waals surface area contributed by atoms with Crippen LogP contribution in [0.3, 0.4) is 0 Å². The highest BCUT2D eigenvalue weighted by Gasteiger charge is 2.46. The van der Waals surface area contributed by atoms with Gasteiger partial charge in [0, 0.05) is 17.0 Å². The number of aliphatic hydroxyl groups excluding tert-OH is 1. The number of fused-ring (bicyclic) bond motifs is 1. The summed E-state index contributed by atoms with van der Waals surface area (Å²) in [5, 5.41) is 13.8. The van der Waals surface area contributed by atoms with E-state index in [1.165, 1.54) is 23.3 Å². The maximum atomic E-state index is 13.7. The molecule has 1 atom stereocenters. The first-order valence-electron chi connectivity index (χ1n) is 12.0. The van der Waals surface area contributed by atoms with Gasteiger partial charge in [0.25, 0.3) is 5.91 Å². The number of anilines is 1. The summed E-state index contributed by atoms with van der Waals surface area (Å²) in [5.41, 5.74) is 1.01. The van der Waals surface area contributed by atoms with E-state index in [-0.39, 0.29) is 11.3 Å². The molecule has 2 aromatic heterocycles. The second-order valence-electron chi connectivity index (χ2n) is 8.60. The van der Waals surface area contributed by atoms with Crippen LogP contribution in [0.4, 0.5) is 5.13 Å². The van der Waals surface area contributed by atoms with Crippen molar-refractivity contribution in [3.63, 3.8) is 0 Å². The van der Waals surface area contributed by atoms with Gasteiger partial charge in [-0.1, -0.05) is 44.0 Å². The van der Waals surface area contributed by atoms with Crippen LogP contribution in [-0.2, 0) is 4.79 Å². The van der Waals surface area contributed by atoms with Gasteiger partial charge >= 0.3 is 0 Å². The first-order valence-corrected chi connectivity index (χ1v) is 12.9. The van der Waals surface area contributed by atoms with Crippen molar-refractivity contribution in [2.24, 2.45) is 0 Å². The number of hydrogen-bond donors (Lipinski definition) is 1. The van der Waals surface area contributed by atoms with E-state index in [4.69, 9.17) is 13.9 Å². The average molecular weight is 519 g/mol. The number of nitrogens with zero attached hydrogens (tertiary/aromatic N) is 2. The van der Waals surface area contributed by atoms with Gasteiger partial charge in [-0.05, 0) is 36.2 Å². The molecule has 0 aliphatic carbocycles. The second kappa shape index (κ2) is 10.5. The fraction of sp³-hybridized carbons (Fsp3) is 0.250. The Balaban J connectivity index is 1.57. The van der Waals surface area contributed by atoms with Crippen LogP contribution in [0.1, 0.15) is 48.3 Å². The van der Waals surface area contributed by atoms with E-state index in [9.17, 15) is 14.7 Å². The number of furan rings is 1. The Morgan fingerprint density at radius 2 is 2.00 bits per heavy atom. The first-order chi connectivity index (χ1) is 18.0. The Kier molecular flexibility index (Phi) is 6.96. The van der Waals surface area contributed by atoms with Gasteiger partial charge in [-0.2, -0.15) is 0 Å². The molecule has 3 heterocycles. The minimum absolute atomic E-state index is 0.0318. The Hall–Kier alpha value is -4.11. The number of rotatable bonds is 10. The molecule has 4 aromatic rings. The highest BCUT2D eigenvalue weighted by atomic mass is 32.1. The van der Waals surface area contributed by atoms with Crippen LogP contribution in [0.25, 0.3) is 11.0 Å². The van der Waals surface area contributed by atoms with Crippen molar-refractivity contribution in [2.75, 3.05) is 18.6 Å². The monoisotopic (exact) mass is 518 g/mol. The van der Waals surface area contributed by atoms with Gasteiger partial charge in [0.2, 0.25) is 5.78 Å². The number of ketones is 1. The van der Waals surface area contributed by atoms with Gasteiger partial charge in [-0.25, -0.2) is 4.98 Å². The van der Waals surface area contributed by atoms with Gasteiger partial charge in [-0.15, -0.1) is 11.3 Å². The topological polar surface area (TPSA) is 102 Å². The highest BCUT2D eigenvalue weighted by molar-refractivity contribution is 7.13. The molecule has 0 spiro atoms. The SMILES string of the molecule is CCCCCOc1ccc(C2C(C(=O)c3cc4ccccc4o3)=C(O)C(=O)N2c2nccs2)cc1OC. The molecular formula is C28H26N2O6S. The number of unbranched alkanes of at least 4 members (excludes halogenated alkanes) is 2. The molecule has 1 amide bonds. The number of methoxy groups -OCH3 is 1. The maximum Gasteiger partial charge on any atom is 0.296 e. The van der Waals surface area contributed by atoms with Gasteiger partial charge in [0.05, 0.1) is 25.3 Å². The van der Waals surface area contributed by atoms with E-state index in [0.29, 0.717) is 34.4 Å². The van der Waals surface area contributed by atoms with Crippen LogP contribution in [0.5, 0.6) is 11.5 Å². The van der Waals surface area contributed by atoms with Crippen LogP contribution >= 0.6 is 11.3 Å². The molecule has 0 fully saturated rings. The largest absolute Gasteiger partial charge is 0.503 e. The summed E-state index contributed by atoms with van der Waals surface area (Å²) in [6.45, 7) is 2.67. The van der Waals surface area contributed by atoms with Gasteiger partial charge in [0.15, 0.2) is 28.1 Å². The van der Waals surface area contributed by atoms with Crippen LogP contribution < -0.4 is 14.4 Å². The number of benzene rings is 2. The molecule has 1 aliphatic heterocycles. The fourth-order valence-corrected chi connectivity index (χ4v) is 5.09. The zero-order valence-electron chi connectivity index (χ0n) is 20.5. The van der Waals surface area contributed by atoms with E-state index in [1.807, 2.05) is 12.1 Å². The number of carbonyl (C=O) groups excluding carboxylic acids is 2. The molecule has 0 bridgehead atoms. The summed E-state index contributed by atoms with van der Waals surface area (Å²) < 4.78 is 17.3. The number of Topliss-reactive ketones (excluding diaryl/α,β-unsaturated/α-hetero) is 1. The van der Waals surface area contributed by atoms with Crippen molar-refractivity contribution in [3.05, 3.63) is 82.8 Å². The zero-order chi connectivity index (χ0) is 25.9. The summed E-state index contributed by atoms with van der Waals surface area (Å²) in [6.07, 6.45) is 4.63. The lowest BCUT2D eigenvalue weighted by Crippen LogP contribution is -2.31. The predicted octanol–water partition coefficient (Wildman–Crippen LogP) is 6.25. The van der Waals surface area contributed by atoms with E-state index < -0.39 is 23.5 Å². The van der Waals surface area contributed by atoms with Crippen LogP contribution in [0.2, 0.25) is 0 Å². The summed E-state index contributed by atoms with van der Waals surface area (Å²) in [6, 6.07) is 13.1. The lowest BCUT2D eigenvalue weighted by Gasteiger charge is -2.25. The molecular weight excluding hydrogens is 492 g/mol. The third-order valence-electron chi connectivity index (χ3n) is 6.24. The summed E-state index contributed by atoms with van der Waals surface area (Å²) in [4.78, 5) is 32.6. The van der Waals surface area contributed by atoms with E-state index in [0.717, 1.165) is 24.6 Å². The Morgan fingerprint density at radius 3 is 2.73 bits per heavy atom. The maximum absolute atomic E-state index is 13.7. The zero-order valence-corrected chi connectivity index (χ0v) is 21.3. The standard InChI is InChI=1S/C28H26N2O6S/c1-3-4-7-13-35-20-11-10-18(16-21(20)34-2)24-23(26(32)27(33)30(24)28-29-12-14-37-28)25(31)22-15-17-8-5-6-9-19(17)36-22/h5-6,8-12,14-16,24,32H,3-4,7,13H2,1-2H3. The number of para-hydroxylation sites is 1. The third kappa shape index (κ3) is 4.58. The molecule has 190 valence electrons. The number of carbonyl (C=O) groups is 2. The first kappa shape index (κ1) is 24.6. The molecule has 1 aliphatic rings. The average Bonchev–Trinajstić information content (AvgIpc) is 3.65. The van der Waals surface area contributed by atoms with Gasteiger partial charge in [0.1, 0.15) is 5.58 Å². The number of thiazole rings is 1. The molecule has 0 radical (unpaired) electrons. The highest BCUT2D eigenvalue weighted by Crippen LogP contribution is 2.44. The molecule has 8 nitrogen and oxygen atoms in total. The lowest BCUT2D eigenvalue weighted by atomic mass is 9.95. The number of aromatic nitrogens is 1. The van der Waals surface area contributed by atoms with Crippen molar-refractivity contribution >= 4 is 39.1 Å². The Bertz CT molecular complexity index is 1440. The molecule has 9 heteroatoms. The van der Waals surface area contributed by atoms with Crippen molar-refractivity contribution in [1.29, 1.82) is 0 Å². The minimum Gasteiger partial charge on any atom is -0.503 e. The van der Waals surface area contributed by atoms with Gasteiger partial charge in [-0.3, -0.25) is 14.5 Å². The van der Waals surface area contributed by atoms with Crippen molar-refractivity contribution in [2.45, 2.75) is 32.2 Å². The van der Waals surface area contributed by atoms with Crippen molar-refractivity contribution < 1.29 is 28.6 Å². The second-order valence-corrected chi connectivity index (χ2v) is 9.47. The number of aliphatic hydroxyl groups is 1. The third-order valence-corrected chi connectivity index (χ3v) is 7.01. The fourth-order valence-electron chi connectivity index (χ4n) is 4.42. The molecule has 1 unspecified atom stereocenters. The normalized spacial score (nSPS) is 15.6. The quantitative estimate of drug-likeness (QED) is 0.196. The Morgan fingerprint density at radius 1 is 1.16 bits per heavy atom. The van der Waals surface area contributed by atoms with Gasteiger partial charge < -0.3 is 19.0 Å². The summed E-state index contributed by atoms with van der Waals surface area (Å²) >= 11 is 1.23. The Labute approximate surface area is 217 Å². The smallest absolute Gasteiger partial charge is 0.296 e. The molecule has 5 rings (SSSR count). The molecule has 2 aromatic carbocycles. The molecule has 1 N–H and O–H groups in total. The predicted molar refractivity (Wildman–Crippen MR) is 141 cm³/mol. The van der Waals surface area contributed by atoms with Crippen LogP contribution in [0.15, 0.2) is 75.9 Å². The molecule has 0 saturated heterocycles. The number of hydrogen-bond acceptors (Lipinski definition) is 8. The van der Waals surface area contributed by atoms with Crippen molar-refractivity contribution in [3.8, 4) is 11.5 Å². The minimum atomic E-state index is -0.942. The molecule has 37 heavy (non-hydrogen) atoms. The van der Waals surface area contributed by atoms with Crippen LogP contribution in [0, 0.1) is 0 Å². The summed E-state index contributed by atoms with van der Waals surface area (Å²) in [7, 11) is 1.53. The van der Waals surface area contributed by atoms with Crippen molar-refractivity contribution in [1.82, 2.24) is 4.98 Å². The van der Waals surface area contributed by atoms with E-state index >= 15 is 0 Å². The molecule has 0 saturated carbocycles. The number of amides is 1.